The van der Waals surface area contributed by atoms with Gasteiger partial charge in [0.1, 0.15) is 0 Å². The third kappa shape index (κ3) is 2.81. The Labute approximate surface area is 99.1 Å². The minimum Gasteiger partial charge on any atom is -0.360 e. The predicted molar refractivity (Wildman–Crippen MR) is 63.3 cm³/mol. The quantitative estimate of drug-likeness (QED) is 0.803. The van der Waals surface area contributed by atoms with Crippen molar-refractivity contribution in [2.45, 2.75) is 6.42 Å². The van der Waals surface area contributed by atoms with Gasteiger partial charge in [-0.1, -0.05) is 0 Å². The molecule has 0 aliphatic carbocycles. The summed E-state index contributed by atoms with van der Waals surface area (Å²) in [6.07, 6.45) is 2.54. The van der Waals surface area contributed by atoms with E-state index in [1.807, 2.05) is 6.20 Å². The molecule has 0 aliphatic rings. The number of hydrogen-bond donors (Lipinski definition) is 2. The first-order chi connectivity index (χ1) is 6.31. The highest BCUT2D eigenvalue weighted by Crippen LogP contribution is 2.15. The van der Waals surface area contributed by atoms with Crippen molar-refractivity contribution in [1.29, 1.82) is 0 Å². The monoisotopic (exact) mass is 251 g/mol. The Hall–Kier alpha value is -0.840. The number of hydrogen-bond acceptors (Lipinski definition) is 2. The molecule has 0 radical (unpaired) electrons. The Bertz CT molecular complexity index is 430. The van der Waals surface area contributed by atoms with Gasteiger partial charge in [-0.25, -0.2) is 4.98 Å². The molecule has 0 amide bonds. The van der Waals surface area contributed by atoms with E-state index in [1.54, 1.807) is 6.07 Å². The van der Waals surface area contributed by atoms with Gasteiger partial charge in [0.05, 0.1) is 11.0 Å². The number of nitrogens with two attached hydrogens (primary N) is 1. The van der Waals surface area contributed by atoms with Crippen molar-refractivity contribution in [2.75, 3.05) is 6.54 Å². The highest BCUT2D eigenvalue weighted by Gasteiger charge is 2.04. The van der Waals surface area contributed by atoms with Crippen LogP contribution in [0.2, 0.25) is 0 Å². The van der Waals surface area contributed by atoms with Crippen LogP contribution in [-0.2, 0) is 6.42 Å². The minimum absolute atomic E-state index is 0. The summed E-state index contributed by atoms with van der Waals surface area (Å²) in [6.45, 7) is 0.547. The van der Waals surface area contributed by atoms with E-state index in [4.69, 9.17) is 5.73 Å². The van der Waals surface area contributed by atoms with E-state index in [0.717, 1.165) is 17.5 Å². The molecular weight excluding hydrogens is 240 g/mol. The lowest BCUT2D eigenvalue weighted by Crippen LogP contribution is -2.02. The van der Waals surface area contributed by atoms with E-state index in [-0.39, 0.29) is 24.8 Å². The number of nitrogens with one attached hydrogen (secondary N) is 1. The van der Waals surface area contributed by atoms with Crippen LogP contribution >= 0.6 is 24.8 Å². The first-order valence-electron chi connectivity index (χ1n) is 4.14. The molecule has 0 aromatic carbocycles. The molecule has 0 unspecified atom stereocenters. The Morgan fingerprint density at radius 3 is 2.73 bits per heavy atom. The van der Waals surface area contributed by atoms with E-state index in [1.165, 1.54) is 6.07 Å². The summed E-state index contributed by atoms with van der Waals surface area (Å²) in [5.41, 5.74) is 7.92. The van der Waals surface area contributed by atoms with Gasteiger partial charge in [-0.15, -0.1) is 24.8 Å². The molecular formula is C9H12Cl2FN3. The number of rotatable bonds is 2. The van der Waals surface area contributed by atoms with E-state index < -0.39 is 5.95 Å². The lowest BCUT2D eigenvalue weighted by Gasteiger charge is -1.94. The molecule has 3 nitrogen and oxygen atoms in total. The Morgan fingerprint density at radius 2 is 2.07 bits per heavy atom. The number of nitrogens with zero attached hydrogens (tertiary/aromatic N) is 1. The number of aromatic nitrogens is 2. The van der Waals surface area contributed by atoms with Crippen molar-refractivity contribution < 1.29 is 4.39 Å². The molecule has 6 heteroatoms. The Morgan fingerprint density at radius 1 is 1.33 bits per heavy atom. The smallest absolute Gasteiger partial charge is 0.213 e. The van der Waals surface area contributed by atoms with Crippen molar-refractivity contribution in [3.8, 4) is 0 Å². The summed E-state index contributed by atoms with van der Waals surface area (Å²) in [5.74, 6) is -0.453. The van der Waals surface area contributed by atoms with E-state index in [9.17, 15) is 4.39 Å². The molecule has 0 saturated carbocycles. The number of H-pyrrole nitrogens is 1. The highest BCUT2D eigenvalue weighted by atomic mass is 35.5. The molecule has 2 rings (SSSR count). The molecule has 84 valence electrons. The highest BCUT2D eigenvalue weighted by molar-refractivity contribution is 5.85. The zero-order chi connectivity index (χ0) is 9.26. The second-order valence-electron chi connectivity index (χ2n) is 2.88. The minimum atomic E-state index is -0.453. The van der Waals surface area contributed by atoms with Gasteiger partial charge in [0, 0.05) is 6.20 Å². The van der Waals surface area contributed by atoms with Crippen molar-refractivity contribution >= 4 is 35.8 Å². The molecule has 0 spiro atoms. The van der Waals surface area contributed by atoms with Gasteiger partial charge in [0.15, 0.2) is 0 Å². The summed E-state index contributed by atoms with van der Waals surface area (Å²) in [4.78, 5) is 6.82. The average Bonchev–Trinajstić information content (AvgIpc) is 2.49. The maximum absolute atomic E-state index is 12.8. The lowest BCUT2D eigenvalue weighted by molar-refractivity contribution is 0.589. The van der Waals surface area contributed by atoms with Crippen molar-refractivity contribution in [3.63, 3.8) is 0 Å². The van der Waals surface area contributed by atoms with Gasteiger partial charge >= 0.3 is 0 Å². The third-order valence-electron chi connectivity index (χ3n) is 1.98. The van der Waals surface area contributed by atoms with E-state index >= 15 is 0 Å². The van der Waals surface area contributed by atoms with Gasteiger partial charge in [-0.05, 0) is 30.7 Å². The molecule has 0 atom stereocenters. The maximum Gasteiger partial charge on any atom is 0.213 e. The molecule has 2 heterocycles. The van der Waals surface area contributed by atoms with Crippen LogP contribution in [0.3, 0.4) is 0 Å². The van der Waals surface area contributed by atoms with Crippen LogP contribution in [0.25, 0.3) is 11.0 Å². The Balaban J connectivity index is 0.000000980. The summed E-state index contributed by atoms with van der Waals surface area (Å²) >= 11 is 0. The Kier molecular flexibility index (Phi) is 5.57. The molecule has 0 aliphatic heterocycles. The van der Waals surface area contributed by atoms with Crippen molar-refractivity contribution in [1.82, 2.24) is 9.97 Å². The van der Waals surface area contributed by atoms with Crippen molar-refractivity contribution in [3.05, 3.63) is 29.8 Å². The number of aromatic amines is 1. The fraction of sp³-hybridized carbons (Fsp3) is 0.222. The number of fused-ring (bicyclic) bond motifs is 1. The predicted octanol–water partition coefficient (Wildman–Crippen LogP) is 2.05. The summed E-state index contributed by atoms with van der Waals surface area (Å²) < 4.78 is 12.8. The largest absolute Gasteiger partial charge is 0.360 e. The summed E-state index contributed by atoms with van der Waals surface area (Å²) in [6, 6.07) is 3.02. The molecule has 0 bridgehead atoms. The fourth-order valence-electron chi connectivity index (χ4n) is 1.38. The number of pyridine rings is 1. The van der Waals surface area contributed by atoms with Gasteiger partial charge in [-0.3, -0.25) is 0 Å². The molecule has 0 fully saturated rings. The standard InChI is InChI=1S/C9H10FN3.2ClH/c10-8-2-1-7-9(13-8)6(3-4-11)5-12-7;;/h1-2,5,12H,3-4,11H2;2*1H. The third-order valence-corrected chi connectivity index (χ3v) is 1.98. The molecule has 3 N–H and O–H groups in total. The van der Waals surface area contributed by atoms with E-state index in [0.29, 0.717) is 12.1 Å². The van der Waals surface area contributed by atoms with Gasteiger partial charge in [-0.2, -0.15) is 4.39 Å². The van der Waals surface area contributed by atoms with Crippen molar-refractivity contribution in [2.24, 2.45) is 5.73 Å². The molecule has 0 saturated heterocycles. The van der Waals surface area contributed by atoms with Gasteiger partial charge in [0.2, 0.25) is 5.95 Å². The maximum atomic E-state index is 12.8. The molecule has 15 heavy (non-hydrogen) atoms. The molecule has 2 aromatic heterocycles. The lowest BCUT2D eigenvalue weighted by atomic mass is 10.2. The molecule has 2 aromatic rings. The van der Waals surface area contributed by atoms with Crippen LogP contribution in [0.1, 0.15) is 5.56 Å². The van der Waals surface area contributed by atoms with Crippen LogP contribution in [0.5, 0.6) is 0 Å². The van der Waals surface area contributed by atoms with Crippen LogP contribution in [0.15, 0.2) is 18.3 Å². The van der Waals surface area contributed by atoms with Gasteiger partial charge in [0.25, 0.3) is 0 Å². The summed E-state index contributed by atoms with van der Waals surface area (Å²) in [7, 11) is 0. The second kappa shape index (κ2) is 5.90. The van der Waals surface area contributed by atoms with E-state index in [2.05, 4.69) is 9.97 Å². The van der Waals surface area contributed by atoms with Crippen LogP contribution in [0, 0.1) is 5.95 Å². The van der Waals surface area contributed by atoms with Crippen LogP contribution in [0.4, 0.5) is 4.39 Å². The SMILES string of the molecule is Cl.Cl.NCCc1c[nH]c2ccc(F)nc12. The second-order valence-corrected chi connectivity index (χ2v) is 2.88. The summed E-state index contributed by atoms with van der Waals surface area (Å²) in [5, 5.41) is 0. The van der Waals surface area contributed by atoms with Crippen LogP contribution < -0.4 is 5.73 Å². The fourth-order valence-corrected chi connectivity index (χ4v) is 1.38. The zero-order valence-corrected chi connectivity index (χ0v) is 9.50. The first-order valence-corrected chi connectivity index (χ1v) is 4.14. The first kappa shape index (κ1) is 14.2. The average molecular weight is 252 g/mol. The number of halogens is 3. The normalized spacial score (nSPS) is 9.47. The topological polar surface area (TPSA) is 54.7 Å². The van der Waals surface area contributed by atoms with Gasteiger partial charge < -0.3 is 10.7 Å². The zero-order valence-electron chi connectivity index (χ0n) is 7.87. The van der Waals surface area contributed by atoms with Crippen LogP contribution in [-0.4, -0.2) is 16.5 Å².